The van der Waals surface area contributed by atoms with E-state index in [1.807, 2.05) is 13.8 Å². The van der Waals surface area contributed by atoms with E-state index in [2.05, 4.69) is 10.3 Å². The van der Waals surface area contributed by atoms with Gasteiger partial charge in [-0.3, -0.25) is 0 Å². The number of anilines is 1. The SMILES string of the molecule is CC(C)Nc1cccnc1[N+](=O)[O-]. The number of rotatable bonds is 3. The smallest absolute Gasteiger partial charge is 0.376 e. The molecule has 0 aliphatic rings. The van der Waals surface area contributed by atoms with Crippen molar-refractivity contribution in [3.05, 3.63) is 28.4 Å². The minimum atomic E-state index is -0.495. The Labute approximate surface area is 75.9 Å². The van der Waals surface area contributed by atoms with E-state index in [9.17, 15) is 10.1 Å². The van der Waals surface area contributed by atoms with Crippen LogP contribution in [0.15, 0.2) is 18.3 Å². The first-order valence-corrected chi connectivity index (χ1v) is 3.97. The van der Waals surface area contributed by atoms with E-state index < -0.39 is 4.92 Å². The summed E-state index contributed by atoms with van der Waals surface area (Å²) in [7, 11) is 0. The summed E-state index contributed by atoms with van der Waals surface area (Å²) in [6.45, 7) is 3.83. The zero-order valence-electron chi connectivity index (χ0n) is 7.52. The molecule has 0 saturated carbocycles. The first-order chi connectivity index (χ1) is 6.11. The van der Waals surface area contributed by atoms with Crippen molar-refractivity contribution in [2.45, 2.75) is 19.9 Å². The second kappa shape index (κ2) is 3.84. The second-order valence-corrected chi connectivity index (χ2v) is 2.93. The van der Waals surface area contributed by atoms with Crippen LogP contribution in [0.25, 0.3) is 0 Å². The van der Waals surface area contributed by atoms with Gasteiger partial charge in [0.1, 0.15) is 11.9 Å². The van der Waals surface area contributed by atoms with Crippen molar-refractivity contribution >= 4 is 11.5 Å². The Kier molecular flexibility index (Phi) is 2.79. The number of nitro groups is 1. The van der Waals surface area contributed by atoms with E-state index in [1.165, 1.54) is 6.20 Å². The predicted molar refractivity (Wildman–Crippen MR) is 49.7 cm³/mol. The van der Waals surface area contributed by atoms with Gasteiger partial charge in [0, 0.05) is 6.04 Å². The third-order valence-electron chi connectivity index (χ3n) is 1.40. The van der Waals surface area contributed by atoms with Gasteiger partial charge in [-0.05, 0) is 35.9 Å². The number of nitrogens with zero attached hydrogens (tertiary/aromatic N) is 2. The molecule has 0 radical (unpaired) electrons. The molecule has 5 nitrogen and oxygen atoms in total. The van der Waals surface area contributed by atoms with Gasteiger partial charge in [-0.25, -0.2) is 0 Å². The lowest BCUT2D eigenvalue weighted by molar-refractivity contribution is -0.388. The number of pyridine rings is 1. The maximum Gasteiger partial charge on any atom is 0.386 e. The molecule has 0 fully saturated rings. The Morgan fingerprint density at radius 2 is 2.31 bits per heavy atom. The van der Waals surface area contributed by atoms with E-state index in [0.29, 0.717) is 5.69 Å². The van der Waals surface area contributed by atoms with Crippen LogP contribution in [0.5, 0.6) is 0 Å². The van der Waals surface area contributed by atoms with E-state index in [-0.39, 0.29) is 11.9 Å². The van der Waals surface area contributed by atoms with Crippen LogP contribution < -0.4 is 5.32 Å². The normalized spacial score (nSPS) is 10.1. The van der Waals surface area contributed by atoms with Gasteiger partial charge >= 0.3 is 5.82 Å². The highest BCUT2D eigenvalue weighted by Gasteiger charge is 2.13. The van der Waals surface area contributed by atoms with Gasteiger partial charge in [-0.2, -0.15) is 0 Å². The summed E-state index contributed by atoms with van der Waals surface area (Å²) in [5.74, 6) is -0.129. The lowest BCUT2D eigenvalue weighted by Gasteiger charge is -2.08. The average molecular weight is 181 g/mol. The van der Waals surface area contributed by atoms with Crippen molar-refractivity contribution < 1.29 is 4.92 Å². The number of hydrogen-bond acceptors (Lipinski definition) is 4. The van der Waals surface area contributed by atoms with Crippen LogP contribution in [0.2, 0.25) is 0 Å². The summed E-state index contributed by atoms with van der Waals surface area (Å²) in [5, 5.41) is 13.5. The highest BCUT2D eigenvalue weighted by molar-refractivity contribution is 5.56. The molecule has 1 N–H and O–H groups in total. The minimum Gasteiger partial charge on any atom is -0.376 e. The minimum absolute atomic E-state index is 0.129. The monoisotopic (exact) mass is 181 g/mol. The molecule has 0 amide bonds. The number of aromatic nitrogens is 1. The van der Waals surface area contributed by atoms with Crippen LogP contribution in [-0.4, -0.2) is 15.9 Å². The quantitative estimate of drug-likeness (QED) is 0.570. The largest absolute Gasteiger partial charge is 0.386 e. The van der Waals surface area contributed by atoms with Crippen molar-refractivity contribution in [3.8, 4) is 0 Å². The molecule has 13 heavy (non-hydrogen) atoms. The van der Waals surface area contributed by atoms with Crippen LogP contribution in [0, 0.1) is 10.1 Å². The van der Waals surface area contributed by atoms with Gasteiger partial charge in [0.05, 0.1) is 0 Å². The highest BCUT2D eigenvalue weighted by Crippen LogP contribution is 2.20. The Morgan fingerprint density at radius 1 is 1.62 bits per heavy atom. The summed E-state index contributed by atoms with van der Waals surface area (Å²) in [5.41, 5.74) is 0.461. The highest BCUT2D eigenvalue weighted by atomic mass is 16.6. The molecule has 1 aromatic heterocycles. The predicted octanol–water partition coefficient (Wildman–Crippen LogP) is 1.81. The fourth-order valence-electron chi connectivity index (χ4n) is 0.966. The molecule has 0 bridgehead atoms. The first kappa shape index (κ1) is 9.44. The fraction of sp³-hybridized carbons (Fsp3) is 0.375. The van der Waals surface area contributed by atoms with E-state index in [1.54, 1.807) is 12.1 Å². The molecule has 0 unspecified atom stereocenters. The van der Waals surface area contributed by atoms with Crippen LogP contribution in [-0.2, 0) is 0 Å². The summed E-state index contributed by atoms with van der Waals surface area (Å²) < 4.78 is 0. The molecule has 0 saturated heterocycles. The zero-order chi connectivity index (χ0) is 9.84. The second-order valence-electron chi connectivity index (χ2n) is 2.93. The topological polar surface area (TPSA) is 68.1 Å². The summed E-state index contributed by atoms with van der Waals surface area (Å²) in [6.07, 6.45) is 1.41. The van der Waals surface area contributed by atoms with Crippen molar-refractivity contribution in [2.75, 3.05) is 5.32 Å². The third kappa shape index (κ3) is 2.40. The molecular formula is C8H11N3O2. The van der Waals surface area contributed by atoms with Gasteiger partial charge in [-0.1, -0.05) is 0 Å². The molecular weight excluding hydrogens is 170 g/mol. The third-order valence-corrected chi connectivity index (χ3v) is 1.40. The average Bonchev–Trinajstić information content (AvgIpc) is 2.03. The van der Waals surface area contributed by atoms with Crippen LogP contribution in [0.1, 0.15) is 13.8 Å². The lowest BCUT2D eigenvalue weighted by atomic mass is 10.3. The Bertz CT molecular complexity index is 312. The first-order valence-electron chi connectivity index (χ1n) is 3.97. The van der Waals surface area contributed by atoms with Gasteiger partial charge in [0.2, 0.25) is 0 Å². The Hall–Kier alpha value is -1.65. The molecule has 0 atom stereocenters. The molecule has 5 heteroatoms. The molecule has 0 aliphatic heterocycles. The van der Waals surface area contributed by atoms with Crippen LogP contribution >= 0.6 is 0 Å². The number of hydrogen-bond donors (Lipinski definition) is 1. The molecule has 1 aromatic rings. The standard InChI is InChI=1S/C8H11N3O2/c1-6(2)10-7-4-3-5-9-8(7)11(12)13/h3-6,10H,1-2H3. The van der Waals surface area contributed by atoms with Crippen LogP contribution in [0.3, 0.4) is 0 Å². The van der Waals surface area contributed by atoms with Gasteiger partial charge in [0.25, 0.3) is 0 Å². The van der Waals surface area contributed by atoms with Crippen molar-refractivity contribution in [3.63, 3.8) is 0 Å². The van der Waals surface area contributed by atoms with E-state index in [0.717, 1.165) is 0 Å². The molecule has 0 aliphatic carbocycles. The number of nitrogens with one attached hydrogen (secondary N) is 1. The van der Waals surface area contributed by atoms with Crippen molar-refractivity contribution in [2.24, 2.45) is 0 Å². The summed E-state index contributed by atoms with van der Waals surface area (Å²) in [6, 6.07) is 3.46. The van der Waals surface area contributed by atoms with Gasteiger partial charge < -0.3 is 15.4 Å². The summed E-state index contributed by atoms with van der Waals surface area (Å²) >= 11 is 0. The van der Waals surface area contributed by atoms with Gasteiger partial charge in [-0.15, -0.1) is 0 Å². The Balaban J connectivity index is 2.98. The molecule has 1 rings (SSSR count). The van der Waals surface area contributed by atoms with E-state index >= 15 is 0 Å². The van der Waals surface area contributed by atoms with E-state index in [4.69, 9.17) is 0 Å². The molecule has 1 heterocycles. The fourth-order valence-corrected chi connectivity index (χ4v) is 0.966. The maximum absolute atomic E-state index is 10.5. The zero-order valence-corrected chi connectivity index (χ0v) is 7.52. The van der Waals surface area contributed by atoms with Crippen LogP contribution in [0.4, 0.5) is 11.5 Å². The lowest BCUT2D eigenvalue weighted by Crippen LogP contribution is -2.11. The molecule has 0 aromatic carbocycles. The molecule has 70 valence electrons. The maximum atomic E-state index is 10.5. The molecule has 0 spiro atoms. The van der Waals surface area contributed by atoms with Crippen molar-refractivity contribution in [1.29, 1.82) is 0 Å². The Morgan fingerprint density at radius 3 is 2.85 bits per heavy atom. The van der Waals surface area contributed by atoms with Crippen molar-refractivity contribution in [1.82, 2.24) is 4.98 Å². The summed E-state index contributed by atoms with van der Waals surface area (Å²) in [4.78, 5) is 13.7. The van der Waals surface area contributed by atoms with Gasteiger partial charge in [0.15, 0.2) is 0 Å².